The van der Waals surface area contributed by atoms with Gasteiger partial charge in [-0.15, -0.1) is 5.10 Å². The molecule has 0 aliphatic carbocycles. The lowest BCUT2D eigenvalue weighted by molar-refractivity contribution is 0.0994. The van der Waals surface area contributed by atoms with Crippen molar-refractivity contribution in [2.45, 2.75) is 0 Å². The minimum absolute atomic E-state index is 0.111. The van der Waals surface area contributed by atoms with Crippen molar-refractivity contribution in [1.29, 1.82) is 0 Å². The highest BCUT2D eigenvalue weighted by Crippen LogP contribution is 2.20. The third-order valence-corrected chi connectivity index (χ3v) is 3.60. The highest BCUT2D eigenvalue weighted by Gasteiger charge is 2.16. The van der Waals surface area contributed by atoms with E-state index >= 15 is 0 Å². The van der Waals surface area contributed by atoms with Gasteiger partial charge in [0.25, 0.3) is 5.91 Å². The molecule has 0 saturated carbocycles. The normalized spacial score (nSPS) is 10.8. The van der Waals surface area contributed by atoms with Gasteiger partial charge in [-0.25, -0.2) is 4.39 Å². The quantitative estimate of drug-likeness (QED) is 0.608. The van der Waals surface area contributed by atoms with E-state index in [1.54, 1.807) is 24.3 Å². The molecule has 0 fully saturated rings. The lowest BCUT2D eigenvalue weighted by Gasteiger charge is -2.01. The topological polar surface area (TPSA) is 98.2 Å². The molecule has 2 aromatic heterocycles. The van der Waals surface area contributed by atoms with Crippen molar-refractivity contribution in [3.05, 3.63) is 76.4 Å². The molecule has 1 N–H and O–H groups in total. The molecule has 7 nitrogen and oxygen atoms in total. The fraction of sp³-hybridized carbons (Fsp3) is 0. The lowest BCUT2D eigenvalue weighted by Crippen LogP contribution is -2.15. The van der Waals surface area contributed by atoms with Gasteiger partial charge in [0.1, 0.15) is 11.4 Å². The predicted octanol–water partition coefficient (Wildman–Crippen LogP) is 3.23. The van der Waals surface area contributed by atoms with E-state index < -0.39 is 11.7 Å². The van der Waals surface area contributed by atoms with E-state index in [0.29, 0.717) is 16.5 Å². The Bertz CT molecular complexity index is 1160. The summed E-state index contributed by atoms with van der Waals surface area (Å²) in [6, 6.07) is 13.0. The van der Waals surface area contributed by atoms with Crippen molar-refractivity contribution in [1.82, 2.24) is 10.2 Å². The number of hydrogen-bond donors (Lipinski definition) is 1. The molecule has 0 radical (unpaired) electrons. The molecule has 128 valence electrons. The maximum atomic E-state index is 13.0. The summed E-state index contributed by atoms with van der Waals surface area (Å²) in [6.45, 7) is 0. The van der Waals surface area contributed by atoms with E-state index in [0.717, 1.165) is 6.07 Å². The number of hydrogen-bond acceptors (Lipinski definition) is 6. The van der Waals surface area contributed by atoms with Crippen molar-refractivity contribution in [3.8, 4) is 11.5 Å². The summed E-state index contributed by atoms with van der Waals surface area (Å²) < 4.78 is 23.7. The zero-order chi connectivity index (χ0) is 18.1. The Morgan fingerprint density at radius 2 is 1.77 bits per heavy atom. The monoisotopic (exact) mass is 351 g/mol. The molecule has 1 amide bonds. The van der Waals surface area contributed by atoms with Crippen LogP contribution in [0.5, 0.6) is 0 Å². The number of nitrogens with one attached hydrogen (secondary N) is 1. The van der Waals surface area contributed by atoms with Crippen LogP contribution in [0.4, 0.5) is 10.4 Å². The number of carbonyl (C=O) groups excluding carboxylic acids is 1. The second-order valence-corrected chi connectivity index (χ2v) is 5.34. The number of aromatic nitrogens is 2. The van der Waals surface area contributed by atoms with Crippen molar-refractivity contribution in [3.63, 3.8) is 0 Å². The highest BCUT2D eigenvalue weighted by molar-refractivity contribution is 6.01. The van der Waals surface area contributed by atoms with Gasteiger partial charge in [0.2, 0.25) is 5.89 Å². The van der Waals surface area contributed by atoms with E-state index in [4.69, 9.17) is 8.83 Å². The van der Waals surface area contributed by atoms with E-state index in [1.165, 1.54) is 24.3 Å². The van der Waals surface area contributed by atoms with Crippen LogP contribution in [0.1, 0.15) is 10.6 Å². The van der Waals surface area contributed by atoms with Crippen LogP contribution in [0.15, 0.2) is 68.2 Å². The third-order valence-electron chi connectivity index (χ3n) is 3.60. The minimum Gasteiger partial charge on any atom is -0.451 e. The van der Waals surface area contributed by atoms with Crippen LogP contribution < -0.4 is 10.7 Å². The SMILES string of the molecule is O=C(Nc1nnc(-c2ccc(F)cc2)o1)c1cc(=O)c2ccccc2o1. The van der Waals surface area contributed by atoms with Gasteiger partial charge in [-0.2, -0.15) is 0 Å². The van der Waals surface area contributed by atoms with Crippen LogP contribution in [-0.2, 0) is 0 Å². The molecule has 0 spiro atoms. The molecule has 26 heavy (non-hydrogen) atoms. The second kappa shape index (κ2) is 6.25. The summed E-state index contributed by atoms with van der Waals surface area (Å²) in [5, 5.41) is 10.2. The summed E-state index contributed by atoms with van der Waals surface area (Å²) in [6.07, 6.45) is 0. The fourth-order valence-electron chi connectivity index (χ4n) is 2.36. The molecule has 0 aliphatic rings. The fourth-order valence-corrected chi connectivity index (χ4v) is 2.36. The smallest absolute Gasteiger partial charge is 0.322 e. The molecular weight excluding hydrogens is 341 g/mol. The first-order valence-electron chi connectivity index (χ1n) is 7.54. The molecule has 8 heteroatoms. The van der Waals surface area contributed by atoms with Gasteiger partial charge in [0, 0.05) is 11.6 Å². The highest BCUT2D eigenvalue weighted by atomic mass is 19.1. The van der Waals surface area contributed by atoms with Gasteiger partial charge in [-0.1, -0.05) is 17.2 Å². The molecule has 0 aliphatic heterocycles. The first-order valence-corrected chi connectivity index (χ1v) is 7.54. The average Bonchev–Trinajstić information content (AvgIpc) is 3.10. The third kappa shape index (κ3) is 2.95. The Balaban J connectivity index is 1.59. The van der Waals surface area contributed by atoms with Crippen LogP contribution in [0, 0.1) is 5.82 Å². The number of amides is 1. The van der Waals surface area contributed by atoms with Crippen LogP contribution in [0.25, 0.3) is 22.4 Å². The first kappa shape index (κ1) is 15.7. The number of anilines is 1. The Morgan fingerprint density at radius 3 is 2.58 bits per heavy atom. The molecule has 0 atom stereocenters. The summed E-state index contributed by atoms with van der Waals surface area (Å²) in [4.78, 5) is 24.3. The summed E-state index contributed by atoms with van der Waals surface area (Å²) in [5.41, 5.74) is 0.453. The molecule has 0 saturated heterocycles. The number of rotatable bonds is 3. The van der Waals surface area contributed by atoms with E-state index in [-0.39, 0.29) is 23.1 Å². The molecule has 4 aromatic rings. The number of fused-ring (bicyclic) bond motifs is 1. The van der Waals surface area contributed by atoms with Crippen LogP contribution in [0.2, 0.25) is 0 Å². The standard InChI is InChI=1S/C18H10FN3O4/c19-11-7-5-10(6-8-11)17-21-22-18(26-17)20-16(24)15-9-13(23)12-3-1-2-4-14(12)25-15/h1-9H,(H,20,22,24). The zero-order valence-electron chi connectivity index (χ0n) is 13.1. The lowest BCUT2D eigenvalue weighted by atomic mass is 10.2. The maximum absolute atomic E-state index is 13.0. The van der Waals surface area contributed by atoms with Crippen LogP contribution >= 0.6 is 0 Å². The van der Waals surface area contributed by atoms with Gasteiger partial charge >= 0.3 is 6.01 Å². The Hall–Kier alpha value is -3.81. The molecule has 4 rings (SSSR count). The molecular formula is C18H10FN3O4. The number of halogens is 1. The Morgan fingerprint density at radius 1 is 1.00 bits per heavy atom. The molecule has 0 bridgehead atoms. The Kier molecular flexibility index (Phi) is 3.77. The second-order valence-electron chi connectivity index (χ2n) is 5.34. The zero-order valence-corrected chi connectivity index (χ0v) is 13.1. The average molecular weight is 351 g/mol. The van der Waals surface area contributed by atoms with Gasteiger partial charge in [0.15, 0.2) is 11.2 Å². The number of para-hydroxylation sites is 1. The number of nitrogens with zero attached hydrogens (tertiary/aromatic N) is 2. The summed E-state index contributed by atoms with van der Waals surface area (Å²) in [7, 11) is 0. The summed E-state index contributed by atoms with van der Waals surface area (Å²) in [5.74, 6) is -1.18. The predicted molar refractivity (Wildman–Crippen MR) is 90.1 cm³/mol. The van der Waals surface area contributed by atoms with Crippen LogP contribution in [-0.4, -0.2) is 16.1 Å². The largest absolute Gasteiger partial charge is 0.451 e. The first-order chi connectivity index (χ1) is 12.6. The van der Waals surface area contributed by atoms with Gasteiger partial charge in [0.05, 0.1) is 5.39 Å². The van der Waals surface area contributed by atoms with E-state index in [1.807, 2.05) is 0 Å². The van der Waals surface area contributed by atoms with Crippen molar-refractivity contribution in [2.24, 2.45) is 0 Å². The van der Waals surface area contributed by atoms with Gasteiger partial charge in [-0.3, -0.25) is 14.9 Å². The van der Waals surface area contributed by atoms with Crippen molar-refractivity contribution in [2.75, 3.05) is 5.32 Å². The molecule has 2 aromatic carbocycles. The van der Waals surface area contributed by atoms with Crippen molar-refractivity contribution < 1.29 is 18.0 Å². The van der Waals surface area contributed by atoms with Crippen LogP contribution in [0.3, 0.4) is 0 Å². The maximum Gasteiger partial charge on any atom is 0.322 e. The minimum atomic E-state index is -0.706. The Labute approximate surface area is 145 Å². The van der Waals surface area contributed by atoms with Gasteiger partial charge in [-0.05, 0) is 36.4 Å². The van der Waals surface area contributed by atoms with E-state index in [2.05, 4.69) is 15.5 Å². The molecule has 0 unspecified atom stereocenters. The van der Waals surface area contributed by atoms with E-state index in [9.17, 15) is 14.0 Å². The van der Waals surface area contributed by atoms with Gasteiger partial charge < -0.3 is 8.83 Å². The number of carbonyl (C=O) groups is 1. The molecule has 2 heterocycles. The number of benzene rings is 2. The van der Waals surface area contributed by atoms with Crippen molar-refractivity contribution >= 4 is 22.9 Å². The summed E-state index contributed by atoms with van der Waals surface area (Å²) >= 11 is 0.